The third-order valence-electron chi connectivity index (χ3n) is 5.04. The molecule has 1 aliphatic heterocycles. The molecule has 1 fully saturated rings. The Morgan fingerprint density at radius 2 is 2.04 bits per heavy atom. The maximum Gasteiger partial charge on any atom is 0.254 e. The van der Waals surface area contributed by atoms with Crippen molar-refractivity contribution in [2.45, 2.75) is 31.8 Å². The van der Waals surface area contributed by atoms with Gasteiger partial charge in [-0.25, -0.2) is 0 Å². The fourth-order valence-electron chi connectivity index (χ4n) is 3.84. The topological polar surface area (TPSA) is 76.6 Å². The van der Waals surface area contributed by atoms with Crippen molar-refractivity contribution in [2.24, 2.45) is 0 Å². The summed E-state index contributed by atoms with van der Waals surface area (Å²) in [5.74, 6) is -0.138. The second kappa shape index (κ2) is 7.21. The van der Waals surface area contributed by atoms with Gasteiger partial charge in [-0.2, -0.15) is 0 Å². The van der Waals surface area contributed by atoms with Crippen LogP contribution in [0.4, 0.5) is 0 Å². The number of amides is 1. The zero-order valence-electron chi connectivity index (χ0n) is 15.7. The average molecular weight is 357 g/mol. The number of H-pyrrole nitrogens is 1. The van der Waals surface area contributed by atoms with Gasteiger partial charge in [0.05, 0.1) is 11.2 Å². The lowest BCUT2D eigenvalue weighted by atomic mass is 9.94. The van der Waals surface area contributed by atoms with E-state index >= 15 is 0 Å². The van der Waals surface area contributed by atoms with Gasteiger partial charge in [0.1, 0.15) is 0 Å². The molecule has 0 spiro atoms. The van der Waals surface area contributed by atoms with E-state index in [1.807, 2.05) is 44.1 Å². The summed E-state index contributed by atoms with van der Waals surface area (Å²) in [6.07, 6.45) is 1.96. The number of likely N-dealkylation sites (N-methyl/N-ethyl adjacent to an activating group) is 1. The molecule has 6 nitrogen and oxygen atoms in total. The smallest absolute Gasteiger partial charge is 0.254 e. The first kappa shape index (κ1) is 18.6. The molecule has 26 heavy (non-hydrogen) atoms. The minimum Gasteiger partial charge on any atom is -0.388 e. The van der Waals surface area contributed by atoms with E-state index in [0.717, 1.165) is 17.4 Å². The van der Waals surface area contributed by atoms with Crippen LogP contribution in [0.25, 0.3) is 10.9 Å². The molecule has 2 N–H and O–H groups in total. The summed E-state index contributed by atoms with van der Waals surface area (Å²) in [6.45, 7) is 3.63. The number of fused-ring (bicyclic) bond motifs is 1. The van der Waals surface area contributed by atoms with Crippen molar-refractivity contribution in [1.29, 1.82) is 0 Å². The number of hydrogen-bond acceptors (Lipinski definition) is 4. The predicted molar refractivity (Wildman–Crippen MR) is 103 cm³/mol. The summed E-state index contributed by atoms with van der Waals surface area (Å²) < 4.78 is 0. The Hall–Kier alpha value is -2.18. The van der Waals surface area contributed by atoms with Crippen LogP contribution in [0.5, 0.6) is 0 Å². The molecule has 2 heterocycles. The molecular weight excluding hydrogens is 330 g/mol. The number of benzene rings is 1. The predicted octanol–water partition coefficient (Wildman–Crippen LogP) is 1.76. The highest BCUT2D eigenvalue weighted by Gasteiger charge is 2.32. The molecule has 0 radical (unpaired) electrons. The van der Waals surface area contributed by atoms with Crippen molar-refractivity contribution in [3.63, 3.8) is 0 Å². The Morgan fingerprint density at radius 1 is 1.27 bits per heavy atom. The molecule has 3 rings (SSSR count). The van der Waals surface area contributed by atoms with Gasteiger partial charge in [-0.1, -0.05) is 11.6 Å². The van der Waals surface area contributed by atoms with Crippen LogP contribution in [0.2, 0.25) is 0 Å². The quantitative estimate of drug-likeness (QED) is 0.878. The van der Waals surface area contributed by atoms with Gasteiger partial charge in [-0.3, -0.25) is 9.59 Å². The molecule has 2 aromatic rings. The number of rotatable bonds is 3. The fourth-order valence-corrected chi connectivity index (χ4v) is 3.84. The van der Waals surface area contributed by atoms with Crippen molar-refractivity contribution < 1.29 is 9.90 Å². The van der Waals surface area contributed by atoms with Gasteiger partial charge in [0, 0.05) is 36.6 Å². The molecule has 1 aromatic carbocycles. The Labute approximate surface area is 153 Å². The maximum absolute atomic E-state index is 13.1. The highest BCUT2D eigenvalue weighted by molar-refractivity contribution is 6.06. The number of aromatic amines is 1. The number of pyridine rings is 1. The summed E-state index contributed by atoms with van der Waals surface area (Å²) >= 11 is 0. The van der Waals surface area contributed by atoms with Crippen LogP contribution in [0, 0.1) is 6.92 Å². The first-order valence-electron chi connectivity index (χ1n) is 9.07. The Kier molecular flexibility index (Phi) is 5.16. The zero-order chi connectivity index (χ0) is 18.9. The molecule has 0 aliphatic carbocycles. The van der Waals surface area contributed by atoms with Gasteiger partial charge >= 0.3 is 0 Å². The molecule has 1 aliphatic rings. The number of nitrogens with zero attached hydrogens (tertiary/aromatic N) is 2. The van der Waals surface area contributed by atoms with E-state index in [9.17, 15) is 14.7 Å². The van der Waals surface area contributed by atoms with E-state index in [-0.39, 0.29) is 11.5 Å². The number of aliphatic hydroxyl groups is 1. The van der Waals surface area contributed by atoms with Crippen LogP contribution in [0.3, 0.4) is 0 Å². The zero-order valence-corrected chi connectivity index (χ0v) is 15.7. The Balaban J connectivity index is 1.89. The molecule has 0 bridgehead atoms. The summed E-state index contributed by atoms with van der Waals surface area (Å²) in [4.78, 5) is 31.7. The summed E-state index contributed by atoms with van der Waals surface area (Å²) in [5.41, 5.74) is 1.10. The molecular formula is C20H27N3O3. The van der Waals surface area contributed by atoms with E-state index in [2.05, 4.69) is 4.98 Å². The van der Waals surface area contributed by atoms with Crippen molar-refractivity contribution in [3.8, 4) is 0 Å². The highest BCUT2D eigenvalue weighted by atomic mass is 16.3. The lowest BCUT2D eigenvalue weighted by Gasteiger charge is -2.30. The molecule has 140 valence electrons. The second-order valence-electron chi connectivity index (χ2n) is 7.70. The highest BCUT2D eigenvalue weighted by Crippen LogP contribution is 2.25. The number of aromatic nitrogens is 1. The van der Waals surface area contributed by atoms with Crippen molar-refractivity contribution >= 4 is 16.8 Å². The van der Waals surface area contributed by atoms with Gasteiger partial charge in [0.15, 0.2) is 0 Å². The van der Waals surface area contributed by atoms with Gasteiger partial charge < -0.3 is 19.9 Å². The molecule has 6 heteroatoms. The van der Waals surface area contributed by atoms with Crippen LogP contribution in [-0.2, 0) is 0 Å². The fraction of sp³-hybridized carbons (Fsp3) is 0.500. The number of aryl methyl sites for hydroxylation is 1. The summed E-state index contributed by atoms with van der Waals surface area (Å²) in [6, 6.07) is 7.07. The number of carbonyl (C=O) groups excluding carboxylic acids is 1. The first-order chi connectivity index (χ1) is 12.3. The third-order valence-corrected chi connectivity index (χ3v) is 5.04. The van der Waals surface area contributed by atoms with Crippen molar-refractivity contribution in [2.75, 3.05) is 33.7 Å². The van der Waals surface area contributed by atoms with Crippen LogP contribution in [0.1, 0.15) is 35.2 Å². The largest absolute Gasteiger partial charge is 0.388 e. The van der Waals surface area contributed by atoms with E-state index in [4.69, 9.17) is 0 Å². The average Bonchev–Trinajstić information content (AvgIpc) is 2.75. The van der Waals surface area contributed by atoms with E-state index in [0.29, 0.717) is 43.6 Å². The molecule has 1 atom stereocenters. The van der Waals surface area contributed by atoms with Crippen LogP contribution >= 0.6 is 0 Å². The summed E-state index contributed by atoms with van der Waals surface area (Å²) in [7, 11) is 3.88. The minimum atomic E-state index is -0.772. The second-order valence-corrected chi connectivity index (χ2v) is 7.70. The lowest BCUT2D eigenvalue weighted by Crippen LogP contribution is -2.41. The third kappa shape index (κ3) is 3.97. The minimum absolute atomic E-state index is 0.138. The Morgan fingerprint density at radius 3 is 2.77 bits per heavy atom. The van der Waals surface area contributed by atoms with E-state index in [1.54, 1.807) is 4.90 Å². The van der Waals surface area contributed by atoms with Crippen molar-refractivity contribution in [3.05, 3.63) is 45.7 Å². The van der Waals surface area contributed by atoms with Gasteiger partial charge in [-0.15, -0.1) is 0 Å². The monoisotopic (exact) mass is 357 g/mol. The molecule has 1 saturated heterocycles. The number of nitrogens with one attached hydrogen (secondary N) is 1. The number of hydrogen-bond donors (Lipinski definition) is 2. The SMILES string of the molecule is Cc1ccc2[nH]c(=O)cc(C(=O)N3CCCC(O)(CN(C)C)CC3)c2c1. The number of likely N-dealkylation sites (tertiary alicyclic amines) is 1. The van der Waals surface area contributed by atoms with Crippen molar-refractivity contribution in [1.82, 2.24) is 14.8 Å². The van der Waals surface area contributed by atoms with Crippen LogP contribution < -0.4 is 5.56 Å². The van der Waals surface area contributed by atoms with E-state index < -0.39 is 5.60 Å². The molecule has 0 saturated carbocycles. The lowest BCUT2D eigenvalue weighted by molar-refractivity contribution is 0.00305. The van der Waals surface area contributed by atoms with Crippen LogP contribution in [0.15, 0.2) is 29.1 Å². The Bertz CT molecular complexity index is 874. The van der Waals surface area contributed by atoms with Gasteiger partial charge in [0.2, 0.25) is 5.56 Å². The molecule has 1 aromatic heterocycles. The summed E-state index contributed by atoms with van der Waals surface area (Å²) in [5, 5.41) is 11.6. The van der Waals surface area contributed by atoms with E-state index in [1.165, 1.54) is 6.07 Å². The van der Waals surface area contributed by atoms with Crippen LogP contribution in [-0.4, -0.2) is 65.1 Å². The maximum atomic E-state index is 13.1. The number of carbonyl (C=O) groups is 1. The molecule has 1 unspecified atom stereocenters. The normalized spacial score (nSPS) is 21.2. The standard InChI is InChI=1S/C20H27N3O3/c1-14-5-6-17-15(11-14)16(12-18(24)21-17)19(25)23-9-4-7-20(26,8-10-23)13-22(2)3/h5-6,11-12,26H,4,7-10,13H2,1-3H3,(H,21,24). The van der Waals surface area contributed by atoms with Gasteiger partial charge in [-0.05, 0) is 52.4 Å². The molecule has 1 amide bonds. The first-order valence-corrected chi connectivity index (χ1v) is 9.07. The van der Waals surface area contributed by atoms with Gasteiger partial charge in [0.25, 0.3) is 5.91 Å².